The van der Waals surface area contributed by atoms with Crippen LogP contribution in [-0.4, -0.2) is 18.3 Å². The third-order valence-corrected chi connectivity index (χ3v) is 4.41. The van der Waals surface area contributed by atoms with E-state index in [4.69, 9.17) is 9.47 Å². The fourth-order valence-corrected chi connectivity index (χ4v) is 3.34. The normalized spacial score (nSPS) is 25.7. The van der Waals surface area contributed by atoms with Gasteiger partial charge in [-0.05, 0) is 31.4 Å². The molecule has 0 N–H and O–H groups in total. The second kappa shape index (κ2) is 5.12. The highest BCUT2D eigenvalue weighted by Crippen LogP contribution is 2.41. The first-order valence-corrected chi connectivity index (χ1v) is 7.24. The van der Waals surface area contributed by atoms with Gasteiger partial charge in [-0.15, -0.1) is 0 Å². The minimum absolute atomic E-state index is 0.0171. The average Bonchev–Trinajstić information content (AvgIpc) is 2.83. The van der Waals surface area contributed by atoms with Gasteiger partial charge in [0, 0.05) is 12.8 Å². The lowest BCUT2D eigenvalue weighted by atomic mass is 9.90. The lowest BCUT2D eigenvalue weighted by molar-refractivity contribution is -0.108. The Balaban J connectivity index is 1.71. The van der Waals surface area contributed by atoms with Gasteiger partial charge in [-0.2, -0.15) is 0 Å². The molecule has 2 aliphatic rings. The molecule has 0 aromatic heterocycles. The smallest absolute Gasteiger partial charge is 0.167 e. The fourth-order valence-electron chi connectivity index (χ4n) is 3.34. The summed E-state index contributed by atoms with van der Waals surface area (Å²) in [6, 6.07) is 5.34. The van der Waals surface area contributed by atoms with E-state index in [1.807, 2.05) is 6.07 Å². The summed E-state index contributed by atoms with van der Waals surface area (Å²) >= 11 is 0. The average molecular weight is 264 g/mol. The van der Waals surface area contributed by atoms with Crippen LogP contribution in [0.25, 0.3) is 0 Å². The molecular formula is C16H21FO2. The van der Waals surface area contributed by atoms with E-state index >= 15 is 0 Å². The van der Waals surface area contributed by atoms with E-state index in [0.29, 0.717) is 11.3 Å². The van der Waals surface area contributed by atoms with Crippen molar-refractivity contribution in [2.45, 2.75) is 57.2 Å². The maximum atomic E-state index is 14.0. The molecule has 2 fully saturated rings. The molecule has 1 atom stereocenters. The SMILES string of the molecule is Cc1cccc(OC2CCOC3(CCCC3)C2)c1F. The summed E-state index contributed by atoms with van der Waals surface area (Å²) in [5.74, 6) is 0.162. The van der Waals surface area contributed by atoms with Crippen LogP contribution in [0.3, 0.4) is 0 Å². The molecule has 19 heavy (non-hydrogen) atoms. The highest BCUT2D eigenvalue weighted by atomic mass is 19.1. The van der Waals surface area contributed by atoms with E-state index < -0.39 is 0 Å². The van der Waals surface area contributed by atoms with Gasteiger partial charge in [0.15, 0.2) is 11.6 Å². The first-order chi connectivity index (χ1) is 9.19. The molecule has 0 bridgehead atoms. The number of halogens is 1. The first-order valence-electron chi connectivity index (χ1n) is 7.24. The standard InChI is InChI=1S/C16H21FO2/c1-12-5-4-6-14(15(12)17)19-13-7-10-18-16(11-13)8-2-3-9-16/h4-6,13H,2-3,7-11H2,1H3. The number of ether oxygens (including phenoxy) is 2. The number of aryl methyl sites for hydroxylation is 1. The Hall–Kier alpha value is -1.09. The molecule has 1 aliphatic carbocycles. The van der Waals surface area contributed by atoms with E-state index in [9.17, 15) is 4.39 Å². The summed E-state index contributed by atoms with van der Waals surface area (Å²) < 4.78 is 25.8. The Bertz CT molecular complexity index is 452. The molecule has 3 heteroatoms. The number of rotatable bonds is 2. The largest absolute Gasteiger partial charge is 0.487 e. The van der Waals surface area contributed by atoms with Crippen LogP contribution in [0.5, 0.6) is 5.75 Å². The minimum Gasteiger partial charge on any atom is -0.487 e. The predicted molar refractivity (Wildman–Crippen MR) is 71.9 cm³/mol. The molecule has 1 saturated carbocycles. The van der Waals surface area contributed by atoms with Crippen molar-refractivity contribution in [3.63, 3.8) is 0 Å². The highest BCUT2D eigenvalue weighted by Gasteiger charge is 2.40. The van der Waals surface area contributed by atoms with Crippen LogP contribution in [0.1, 0.15) is 44.1 Å². The Morgan fingerprint density at radius 2 is 2.11 bits per heavy atom. The molecule has 3 rings (SSSR count). The van der Waals surface area contributed by atoms with Gasteiger partial charge in [-0.3, -0.25) is 0 Å². The van der Waals surface area contributed by atoms with Crippen LogP contribution in [0.2, 0.25) is 0 Å². The van der Waals surface area contributed by atoms with E-state index in [0.717, 1.165) is 32.3 Å². The van der Waals surface area contributed by atoms with Crippen LogP contribution < -0.4 is 4.74 Å². The summed E-state index contributed by atoms with van der Waals surface area (Å²) in [6.07, 6.45) is 6.59. The van der Waals surface area contributed by atoms with E-state index in [-0.39, 0.29) is 17.5 Å². The molecule has 1 heterocycles. The molecule has 1 aliphatic heterocycles. The van der Waals surface area contributed by atoms with Gasteiger partial charge in [0.25, 0.3) is 0 Å². The Kier molecular flexibility index (Phi) is 3.48. The molecule has 1 aromatic carbocycles. The van der Waals surface area contributed by atoms with E-state index in [1.165, 1.54) is 12.8 Å². The Morgan fingerprint density at radius 1 is 1.32 bits per heavy atom. The minimum atomic E-state index is -0.227. The fraction of sp³-hybridized carbons (Fsp3) is 0.625. The van der Waals surface area contributed by atoms with Crippen LogP contribution >= 0.6 is 0 Å². The van der Waals surface area contributed by atoms with Crippen LogP contribution in [-0.2, 0) is 4.74 Å². The van der Waals surface area contributed by atoms with Crippen molar-refractivity contribution < 1.29 is 13.9 Å². The molecular weight excluding hydrogens is 243 g/mol. The second-order valence-corrected chi connectivity index (χ2v) is 5.86. The summed E-state index contributed by atoms with van der Waals surface area (Å²) in [5, 5.41) is 0. The lowest BCUT2D eigenvalue weighted by Crippen LogP contribution is -2.41. The van der Waals surface area contributed by atoms with Gasteiger partial charge in [-0.25, -0.2) is 4.39 Å². The van der Waals surface area contributed by atoms with Gasteiger partial charge >= 0.3 is 0 Å². The molecule has 0 amide bonds. The molecule has 2 nitrogen and oxygen atoms in total. The third-order valence-electron chi connectivity index (χ3n) is 4.41. The van der Waals surface area contributed by atoms with Gasteiger partial charge in [0.2, 0.25) is 0 Å². The maximum Gasteiger partial charge on any atom is 0.167 e. The molecule has 1 unspecified atom stereocenters. The van der Waals surface area contributed by atoms with Gasteiger partial charge in [0.05, 0.1) is 12.2 Å². The topological polar surface area (TPSA) is 18.5 Å². The Morgan fingerprint density at radius 3 is 2.89 bits per heavy atom. The molecule has 104 valence electrons. The zero-order valence-electron chi connectivity index (χ0n) is 11.5. The maximum absolute atomic E-state index is 14.0. The van der Waals surface area contributed by atoms with Crippen molar-refractivity contribution in [2.75, 3.05) is 6.61 Å². The highest BCUT2D eigenvalue weighted by molar-refractivity contribution is 5.30. The summed E-state index contributed by atoms with van der Waals surface area (Å²) in [5.41, 5.74) is 0.656. The van der Waals surface area contributed by atoms with Gasteiger partial charge in [0.1, 0.15) is 6.10 Å². The van der Waals surface area contributed by atoms with Crippen molar-refractivity contribution in [2.24, 2.45) is 0 Å². The van der Waals surface area contributed by atoms with Crippen molar-refractivity contribution in [3.8, 4) is 5.75 Å². The molecule has 0 radical (unpaired) electrons. The van der Waals surface area contributed by atoms with Crippen molar-refractivity contribution in [1.82, 2.24) is 0 Å². The van der Waals surface area contributed by atoms with Crippen molar-refractivity contribution in [1.29, 1.82) is 0 Å². The predicted octanol–water partition coefficient (Wildman–Crippen LogP) is 4.00. The quantitative estimate of drug-likeness (QED) is 0.803. The number of benzene rings is 1. The van der Waals surface area contributed by atoms with Gasteiger partial charge in [-0.1, -0.05) is 25.0 Å². The van der Waals surface area contributed by atoms with Crippen LogP contribution in [0.4, 0.5) is 4.39 Å². The van der Waals surface area contributed by atoms with Crippen LogP contribution in [0.15, 0.2) is 18.2 Å². The first kappa shape index (κ1) is 12.9. The van der Waals surface area contributed by atoms with E-state index in [2.05, 4.69) is 0 Å². The van der Waals surface area contributed by atoms with Crippen LogP contribution in [0, 0.1) is 12.7 Å². The molecule has 1 spiro atoms. The molecule has 1 aromatic rings. The van der Waals surface area contributed by atoms with Crippen molar-refractivity contribution in [3.05, 3.63) is 29.6 Å². The number of hydrogen-bond donors (Lipinski definition) is 0. The summed E-state index contributed by atoms with van der Waals surface area (Å²) in [6.45, 7) is 2.50. The zero-order chi connectivity index (χ0) is 13.3. The lowest BCUT2D eigenvalue weighted by Gasteiger charge is -2.38. The summed E-state index contributed by atoms with van der Waals surface area (Å²) in [7, 11) is 0. The molecule has 1 saturated heterocycles. The number of hydrogen-bond acceptors (Lipinski definition) is 2. The zero-order valence-corrected chi connectivity index (χ0v) is 11.5. The van der Waals surface area contributed by atoms with Gasteiger partial charge < -0.3 is 9.47 Å². The monoisotopic (exact) mass is 264 g/mol. The third kappa shape index (κ3) is 2.62. The van der Waals surface area contributed by atoms with E-state index in [1.54, 1.807) is 19.1 Å². The summed E-state index contributed by atoms with van der Waals surface area (Å²) in [4.78, 5) is 0. The Labute approximate surface area is 113 Å². The van der Waals surface area contributed by atoms with Crippen molar-refractivity contribution >= 4 is 0 Å². The second-order valence-electron chi connectivity index (χ2n) is 5.86.